The van der Waals surface area contributed by atoms with Crippen LogP contribution in [-0.4, -0.2) is 16.3 Å². The largest absolute Gasteiger partial charge is 0.331 e. The Labute approximate surface area is 82.1 Å². The highest BCUT2D eigenvalue weighted by atomic mass is 31.1. The van der Waals surface area contributed by atoms with Gasteiger partial charge in [-0.25, -0.2) is 0 Å². The van der Waals surface area contributed by atoms with Crippen LogP contribution in [0.5, 0.6) is 0 Å². The smallest absolute Gasteiger partial charge is 0.314 e. The number of hydrogen-bond donors (Lipinski definition) is 3. The van der Waals surface area contributed by atoms with E-state index in [4.69, 9.17) is 20.1 Å². The standard InChI is InChI=1S/C6H14.C2H7N.H3O3P/c1-5(2)6(3)4;1-2-3;1-4(2)3/h5-6H,1-4H3;2-3H2,1H3;4H,(H2,1,2,3). The average Bonchev–Trinajstić information content (AvgIpc) is 1.87. The summed E-state index contributed by atoms with van der Waals surface area (Å²) < 4.78 is 8.74. The van der Waals surface area contributed by atoms with E-state index >= 15 is 0 Å². The summed E-state index contributed by atoms with van der Waals surface area (Å²) >= 11 is 0. The van der Waals surface area contributed by atoms with E-state index in [2.05, 4.69) is 27.7 Å². The first-order chi connectivity index (χ1) is 5.79. The molecule has 0 aromatic carbocycles. The third-order valence-corrected chi connectivity index (χ3v) is 1.33. The molecule has 0 aromatic rings. The molecule has 0 spiro atoms. The highest BCUT2D eigenvalue weighted by molar-refractivity contribution is 7.30. The molecule has 4 nitrogen and oxygen atoms in total. The van der Waals surface area contributed by atoms with Crippen LogP contribution in [0.4, 0.5) is 0 Å². The summed E-state index contributed by atoms with van der Waals surface area (Å²) in [5.74, 6) is 1.70. The second-order valence-electron chi connectivity index (χ2n) is 3.18. The van der Waals surface area contributed by atoms with Gasteiger partial charge in [-0.05, 0) is 18.4 Å². The van der Waals surface area contributed by atoms with Crippen LogP contribution in [0.25, 0.3) is 0 Å². The van der Waals surface area contributed by atoms with E-state index in [1.54, 1.807) is 0 Å². The average molecular weight is 213 g/mol. The molecule has 0 heterocycles. The highest BCUT2D eigenvalue weighted by Crippen LogP contribution is 2.05. The van der Waals surface area contributed by atoms with Gasteiger partial charge in [-0.3, -0.25) is 4.57 Å². The highest BCUT2D eigenvalue weighted by Gasteiger charge is 1.95. The Morgan fingerprint density at radius 1 is 1.15 bits per heavy atom. The first-order valence-electron chi connectivity index (χ1n) is 4.41. The first kappa shape index (κ1) is 18.8. The van der Waals surface area contributed by atoms with Gasteiger partial charge in [0, 0.05) is 0 Å². The molecular formula is C8H24NO3P. The van der Waals surface area contributed by atoms with Crippen LogP contribution in [0.3, 0.4) is 0 Å². The van der Waals surface area contributed by atoms with E-state index in [9.17, 15) is 0 Å². The van der Waals surface area contributed by atoms with Gasteiger partial charge in [0.2, 0.25) is 0 Å². The molecule has 0 amide bonds. The molecule has 0 aliphatic rings. The molecule has 0 saturated carbocycles. The van der Waals surface area contributed by atoms with Crippen LogP contribution < -0.4 is 5.73 Å². The van der Waals surface area contributed by atoms with Gasteiger partial charge in [0.25, 0.3) is 0 Å². The maximum Gasteiger partial charge on any atom is 0.314 e. The van der Waals surface area contributed by atoms with Crippen LogP contribution in [0.1, 0.15) is 34.6 Å². The second kappa shape index (κ2) is 14.6. The van der Waals surface area contributed by atoms with Gasteiger partial charge < -0.3 is 15.5 Å². The summed E-state index contributed by atoms with van der Waals surface area (Å²) in [5.41, 5.74) is 4.85. The van der Waals surface area contributed by atoms with E-state index in [1.807, 2.05) is 6.92 Å². The lowest BCUT2D eigenvalue weighted by atomic mass is 10.0. The molecule has 0 saturated heterocycles. The van der Waals surface area contributed by atoms with Gasteiger partial charge in [-0.1, -0.05) is 34.6 Å². The predicted octanol–water partition coefficient (Wildman–Crippen LogP) is 1.62. The molecule has 0 bridgehead atoms. The fourth-order valence-electron chi connectivity index (χ4n) is 0. The van der Waals surface area contributed by atoms with E-state index in [0.29, 0.717) is 0 Å². The van der Waals surface area contributed by atoms with Crippen LogP contribution in [0.15, 0.2) is 0 Å². The third kappa shape index (κ3) is 73.3. The van der Waals surface area contributed by atoms with Crippen molar-refractivity contribution in [3.63, 3.8) is 0 Å². The number of nitrogens with two attached hydrogens (primary N) is 1. The zero-order valence-corrected chi connectivity index (χ0v) is 10.2. The van der Waals surface area contributed by atoms with Gasteiger partial charge in [0.1, 0.15) is 0 Å². The molecule has 13 heavy (non-hydrogen) atoms. The molecule has 0 aliphatic carbocycles. The minimum absolute atomic E-state index is 0.750. The monoisotopic (exact) mass is 213 g/mol. The maximum atomic E-state index is 8.74. The van der Waals surface area contributed by atoms with Crippen molar-refractivity contribution < 1.29 is 14.4 Å². The molecule has 0 rings (SSSR count). The summed E-state index contributed by atoms with van der Waals surface area (Å²) in [7, 11) is -3.13. The van der Waals surface area contributed by atoms with Crippen LogP contribution >= 0.6 is 8.25 Å². The van der Waals surface area contributed by atoms with E-state index in [1.165, 1.54) is 0 Å². The lowest BCUT2D eigenvalue weighted by molar-refractivity contribution is 0.405. The fraction of sp³-hybridized carbons (Fsp3) is 1.00. The Kier molecular flexibility index (Phi) is 21.2. The molecule has 0 radical (unpaired) electrons. The summed E-state index contributed by atoms with van der Waals surface area (Å²) in [5, 5.41) is 0. The van der Waals surface area contributed by atoms with Gasteiger partial charge in [-0.15, -0.1) is 0 Å². The molecule has 5 heteroatoms. The Balaban J connectivity index is -0.000000125. The fourth-order valence-corrected chi connectivity index (χ4v) is 0. The third-order valence-electron chi connectivity index (χ3n) is 1.33. The molecule has 0 aromatic heterocycles. The van der Waals surface area contributed by atoms with Crippen LogP contribution in [0.2, 0.25) is 0 Å². The molecule has 0 aliphatic heterocycles. The number of rotatable bonds is 1. The lowest BCUT2D eigenvalue weighted by Crippen LogP contribution is -1.95. The van der Waals surface area contributed by atoms with Crippen LogP contribution in [0, 0.1) is 11.8 Å². The maximum absolute atomic E-state index is 8.74. The first-order valence-corrected chi connectivity index (χ1v) is 5.71. The normalized spacial score (nSPS) is 9.15. The van der Waals surface area contributed by atoms with Gasteiger partial charge >= 0.3 is 8.25 Å². The summed E-state index contributed by atoms with van der Waals surface area (Å²) in [6, 6.07) is 0. The molecule has 4 N–H and O–H groups in total. The van der Waals surface area contributed by atoms with Gasteiger partial charge in [0.05, 0.1) is 0 Å². The van der Waals surface area contributed by atoms with Crippen molar-refractivity contribution in [2.75, 3.05) is 6.54 Å². The van der Waals surface area contributed by atoms with Crippen LogP contribution in [-0.2, 0) is 4.57 Å². The predicted molar refractivity (Wildman–Crippen MR) is 57.8 cm³/mol. The van der Waals surface area contributed by atoms with Crippen molar-refractivity contribution in [1.29, 1.82) is 0 Å². The quantitative estimate of drug-likeness (QED) is 0.578. The SMILES string of the molecule is CC(C)C(C)C.CCN.O=[PH](O)O. The molecule has 0 atom stereocenters. The van der Waals surface area contributed by atoms with Gasteiger partial charge in [0.15, 0.2) is 0 Å². The van der Waals surface area contributed by atoms with E-state index < -0.39 is 8.25 Å². The molecular weight excluding hydrogens is 189 g/mol. The summed E-state index contributed by atoms with van der Waals surface area (Å²) in [6.07, 6.45) is 0. The zero-order valence-electron chi connectivity index (χ0n) is 9.24. The summed E-state index contributed by atoms with van der Waals surface area (Å²) in [4.78, 5) is 14.3. The van der Waals surface area contributed by atoms with Crippen molar-refractivity contribution in [3.8, 4) is 0 Å². The Hall–Kier alpha value is 0.110. The second-order valence-corrected chi connectivity index (χ2v) is 3.74. The zero-order chi connectivity index (χ0) is 11.4. The van der Waals surface area contributed by atoms with E-state index in [0.717, 1.165) is 18.4 Å². The Morgan fingerprint density at radius 3 is 1.23 bits per heavy atom. The van der Waals surface area contributed by atoms with Gasteiger partial charge in [-0.2, -0.15) is 0 Å². The number of hydrogen-bond acceptors (Lipinski definition) is 2. The molecule has 84 valence electrons. The molecule has 0 fully saturated rings. The minimum atomic E-state index is -3.13. The van der Waals surface area contributed by atoms with Crippen molar-refractivity contribution >= 4 is 8.25 Å². The minimum Gasteiger partial charge on any atom is -0.331 e. The Bertz CT molecular complexity index is 97.6. The van der Waals surface area contributed by atoms with Crippen molar-refractivity contribution in [3.05, 3.63) is 0 Å². The Morgan fingerprint density at radius 2 is 1.23 bits per heavy atom. The lowest BCUT2D eigenvalue weighted by Gasteiger charge is -2.05. The molecule has 0 unspecified atom stereocenters. The van der Waals surface area contributed by atoms with Crippen molar-refractivity contribution in [1.82, 2.24) is 0 Å². The van der Waals surface area contributed by atoms with E-state index in [-0.39, 0.29) is 0 Å². The summed E-state index contributed by atoms with van der Waals surface area (Å²) in [6.45, 7) is 11.6. The topological polar surface area (TPSA) is 83.6 Å². The van der Waals surface area contributed by atoms with Crippen molar-refractivity contribution in [2.24, 2.45) is 17.6 Å². The van der Waals surface area contributed by atoms with Crippen molar-refractivity contribution in [2.45, 2.75) is 34.6 Å².